The number of hydrogen-bond donors (Lipinski definition) is 0. The summed E-state index contributed by atoms with van der Waals surface area (Å²) in [5.74, 6) is 2.15. The van der Waals surface area contributed by atoms with Crippen molar-refractivity contribution in [1.82, 2.24) is 15.0 Å². The van der Waals surface area contributed by atoms with E-state index in [1.54, 1.807) is 12.0 Å². The molecule has 0 unspecified atom stereocenters. The zero-order valence-corrected chi connectivity index (χ0v) is 15.6. The maximum Gasteiger partial charge on any atom is 0.276 e. The second kappa shape index (κ2) is 6.90. The summed E-state index contributed by atoms with van der Waals surface area (Å²) in [5, 5.41) is 4.24. The van der Waals surface area contributed by atoms with Crippen molar-refractivity contribution in [3.63, 3.8) is 0 Å². The molecule has 2 aromatic heterocycles. The van der Waals surface area contributed by atoms with Crippen LogP contribution in [0.4, 0.5) is 0 Å². The normalized spacial score (nSPS) is 13.7. The van der Waals surface area contributed by atoms with Gasteiger partial charge < -0.3 is 18.6 Å². The number of carbonyl (C=O) groups is 1. The SMILES string of the molecule is COc1cccc(-c2noc3c2CN(C(=O)c2ncoc2C(C)C)CC3)c1. The summed E-state index contributed by atoms with van der Waals surface area (Å²) in [7, 11) is 1.63. The van der Waals surface area contributed by atoms with Crippen molar-refractivity contribution in [2.24, 2.45) is 0 Å². The van der Waals surface area contributed by atoms with Gasteiger partial charge >= 0.3 is 0 Å². The Kier molecular flexibility index (Phi) is 4.43. The van der Waals surface area contributed by atoms with Gasteiger partial charge in [0.05, 0.1) is 13.7 Å². The maximum atomic E-state index is 13.0. The van der Waals surface area contributed by atoms with E-state index in [1.807, 2.05) is 38.1 Å². The van der Waals surface area contributed by atoms with E-state index in [1.165, 1.54) is 6.39 Å². The molecule has 0 bridgehead atoms. The molecule has 0 radical (unpaired) electrons. The smallest absolute Gasteiger partial charge is 0.276 e. The Morgan fingerprint density at radius 3 is 2.96 bits per heavy atom. The van der Waals surface area contributed by atoms with E-state index in [0.29, 0.717) is 31.0 Å². The van der Waals surface area contributed by atoms with Gasteiger partial charge in [-0.3, -0.25) is 4.79 Å². The number of carbonyl (C=O) groups excluding carboxylic acids is 1. The summed E-state index contributed by atoms with van der Waals surface area (Å²) in [6.07, 6.45) is 1.95. The lowest BCUT2D eigenvalue weighted by Crippen LogP contribution is -2.36. The minimum absolute atomic E-state index is 0.0924. The van der Waals surface area contributed by atoms with Gasteiger partial charge in [0.25, 0.3) is 5.91 Å². The van der Waals surface area contributed by atoms with Gasteiger partial charge in [-0.1, -0.05) is 31.1 Å². The average molecular weight is 367 g/mol. The van der Waals surface area contributed by atoms with Crippen LogP contribution in [0.1, 0.15) is 47.3 Å². The van der Waals surface area contributed by atoms with Gasteiger partial charge in [0.1, 0.15) is 23.0 Å². The molecule has 1 amide bonds. The van der Waals surface area contributed by atoms with Crippen molar-refractivity contribution in [3.8, 4) is 17.0 Å². The van der Waals surface area contributed by atoms with Crippen molar-refractivity contribution >= 4 is 5.91 Å². The number of aromatic nitrogens is 2. The molecule has 27 heavy (non-hydrogen) atoms. The van der Waals surface area contributed by atoms with Gasteiger partial charge in [-0.2, -0.15) is 0 Å². The van der Waals surface area contributed by atoms with Crippen LogP contribution in [-0.2, 0) is 13.0 Å². The number of nitrogens with zero attached hydrogens (tertiary/aromatic N) is 3. The second-order valence-corrected chi connectivity index (χ2v) is 6.86. The predicted octanol–water partition coefficient (Wildman–Crippen LogP) is 3.66. The van der Waals surface area contributed by atoms with E-state index in [2.05, 4.69) is 10.1 Å². The number of amides is 1. The molecule has 7 nitrogen and oxygen atoms in total. The Bertz CT molecular complexity index is 973. The molecule has 0 spiro atoms. The Balaban J connectivity index is 1.64. The van der Waals surface area contributed by atoms with E-state index in [9.17, 15) is 4.79 Å². The fraction of sp³-hybridized carbons (Fsp3) is 0.350. The molecule has 7 heteroatoms. The van der Waals surface area contributed by atoms with Crippen LogP contribution in [-0.4, -0.2) is 34.6 Å². The van der Waals surface area contributed by atoms with Crippen LogP contribution in [0.5, 0.6) is 5.75 Å². The number of methoxy groups -OCH3 is 1. The molecule has 4 rings (SSSR count). The molecule has 0 saturated heterocycles. The second-order valence-electron chi connectivity index (χ2n) is 6.86. The standard InChI is InChI=1S/C20H21N3O4/c1-12(2)19-18(21-11-26-19)20(24)23-8-7-16-15(10-23)17(22-27-16)13-5-4-6-14(9-13)25-3/h4-6,9,11-12H,7-8,10H2,1-3H3. The van der Waals surface area contributed by atoms with Gasteiger partial charge in [0.15, 0.2) is 12.1 Å². The highest BCUT2D eigenvalue weighted by molar-refractivity contribution is 5.93. The number of ether oxygens (including phenoxy) is 1. The molecule has 1 aromatic carbocycles. The molecule has 1 aliphatic heterocycles. The molecule has 1 aliphatic rings. The van der Waals surface area contributed by atoms with Crippen LogP contribution in [0.25, 0.3) is 11.3 Å². The summed E-state index contributed by atoms with van der Waals surface area (Å²) in [6, 6.07) is 7.65. The Morgan fingerprint density at radius 1 is 1.33 bits per heavy atom. The summed E-state index contributed by atoms with van der Waals surface area (Å²) in [5.41, 5.74) is 2.95. The Labute approximate surface area is 156 Å². The molecule has 140 valence electrons. The first-order valence-corrected chi connectivity index (χ1v) is 8.93. The number of fused-ring (bicyclic) bond motifs is 1. The van der Waals surface area contributed by atoms with Crippen molar-refractivity contribution in [1.29, 1.82) is 0 Å². The van der Waals surface area contributed by atoms with Crippen LogP contribution >= 0.6 is 0 Å². The molecule has 0 fully saturated rings. The van der Waals surface area contributed by atoms with Crippen LogP contribution < -0.4 is 4.74 Å². The third-order valence-electron chi connectivity index (χ3n) is 4.78. The quantitative estimate of drug-likeness (QED) is 0.700. The topological polar surface area (TPSA) is 81.6 Å². The largest absolute Gasteiger partial charge is 0.497 e. The van der Waals surface area contributed by atoms with Crippen molar-refractivity contribution in [2.75, 3.05) is 13.7 Å². The molecule has 0 atom stereocenters. The van der Waals surface area contributed by atoms with Gasteiger partial charge in [-0.05, 0) is 12.1 Å². The van der Waals surface area contributed by atoms with E-state index in [0.717, 1.165) is 28.3 Å². The minimum atomic E-state index is -0.129. The monoisotopic (exact) mass is 367 g/mol. The van der Waals surface area contributed by atoms with Gasteiger partial charge in [0.2, 0.25) is 0 Å². The number of benzene rings is 1. The lowest BCUT2D eigenvalue weighted by Gasteiger charge is -2.26. The van der Waals surface area contributed by atoms with Crippen molar-refractivity contribution in [3.05, 3.63) is 53.4 Å². The third kappa shape index (κ3) is 3.09. The number of oxazole rings is 1. The minimum Gasteiger partial charge on any atom is -0.497 e. The van der Waals surface area contributed by atoms with Crippen LogP contribution in [0.15, 0.2) is 39.6 Å². The summed E-state index contributed by atoms with van der Waals surface area (Å²) >= 11 is 0. The molecular formula is C20H21N3O4. The first kappa shape index (κ1) is 17.3. The molecule has 0 N–H and O–H groups in total. The van der Waals surface area contributed by atoms with Gasteiger partial charge in [0, 0.05) is 30.0 Å². The summed E-state index contributed by atoms with van der Waals surface area (Å²) in [4.78, 5) is 18.9. The fourth-order valence-electron chi connectivity index (χ4n) is 3.35. The Morgan fingerprint density at radius 2 is 2.19 bits per heavy atom. The van der Waals surface area contributed by atoms with E-state index in [-0.39, 0.29) is 11.8 Å². The molecule has 3 aromatic rings. The van der Waals surface area contributed by atoms with Crippen LogP contribution in [0, 0.1) is 0 Å². The van der Waals surface area contributed by atoms with E-state index < -0.39 is 0 Å². The summed E-state index contributed by atoms with van der Waals surface area (Å²) in [6.45, 7) is 4.94. The van der Waals surface area contributed by atoms with Crippen LogP contribution in [0.2, 0.25) is 0 Å². The van der Waals surface area contributed by atoms with Crippen molar-refractivity contribution in [2.45, 2.75) is 32.7 Å². The van der Waals surface area contributed by atoms with Crippen LogP contribution in [0.3, 0.4) is 0 Å². The zero-order valence-electron chi connectivity index (χ0n) is 15.6. The Hall–Kier alpha value is -3.09. The first-order chi connectivity index (χ1) is 13.1. The highest BCUT2D eigenvalue weighted by atomic mass is 16.5. The van der Waals surface area contributed by atoms with E-state index >= 15 is 0 Å². The van der Waals surface area contributed by atoms with Gasteiger partial charge in [-0.25, -0.2) is 4.98 Å². The molecule has 0 aliphatic carbocycles. The van der Waals surface area contributed by atoms with E-state index in [4.69, 9.17) is 13.7 Å². The predicted molar refractivity (Wildman–Crippen MR) is 97.5 cm³/mol. The molecule has 0 saturated carbocycles. The fourth-order valence-corrected chi connectivity index (χ4v) is 3.35. The van der Waals surface area contributed by atoms with Gasteiger partial charge in [-0.15, -0.1) is 0 Å². The number of hydrogen-bond acceptors (Lipinski definition) is 6. The highest BCUT2D eigenvalue weighted by Crippen LogP contribution is 2.32. The average Bonchev–Trinajstić information content (AvgIpc) is 3.34. The first-order valence-electron chi connectivity index (χ1n) is 8.93. The lowest BCUT2D eigenvalue weighted by molar-refractivity contribution is 0.0721. The zero-order chi connectivity index (χ0) is 19.0. The lowest BCUT2D eigenvalue weighted by atomic mass is 10.0. The highest BCUT2D eigenvalue weighted by Gasteiger charge is 2.31. The molecular weight excluding hydrogens is 346 g/mol. The third-order valence-corrected chi connectivity index (χ3v) is 4.78. The summed E-state index contributed by atoms with van der Waals surface area (Å²) < 4.78 is 16.2. The van der Waals surface area contributed by atoms with Crippen molar-refractivity contribution < 1.29 is 18.5 Å². The molecule has 3 heterocycles. The maximum absolute atomic E-state index is 13.0. The number of rotatable bonds is 4.